The van der Waals surface area contributed by atoms with Gasteiger partial charge in [0.25, 0.3) is 0 Å². The minimum absolute atomic E-state index is 1.02. The number of rotatable bonds is 3. The molecule has 0 amide bonds. The van der Waals surface area contributed by atoms with Crippen molar-refractivity contribution in [2.24, 2.45) is 4.99 Å². The number of thiophene rings is 1. The Labute approximate surface area is 118 Å². The second-order valence-electron chi connectivity index (χ2n) is 4.88. The normalized spacial score (nSPS) is 16.1. The molecule has 0 unspecified atom stereocenters. The first-order valence-corrected chi connectivity index (χ1v) is 7.77. The molecule has 0 N–H and O–H groups in total. The Hall–Kier alpha value is -1.61. The van der Waals surface area contributed by atoms with Gasteiger partial charge in [0.05, 0.1) is 5.69 Å². The molecular formula is C16H18N2S. The molecule has 0 atom stereocenters. The highest BCUT2D eigenvalue weighted by Gasteiger charge is 2.10. The predicted octanol–water partition coefficient (Wildman–Crippen LogP) is 4.49. The van der Waals surface area contributed by atoms with Crippen LogP contribution in [0.1, 0.15) is 24.8 Å². The fourth-order valence-corrected chi connectivity index (χ4v) is 3.01. The van der Waals surface area contributed by atoms with Gasteiger partial charge < -0.3 is 4.90 Å². The quantitative estimate of drug-likeness (QED) is 0.750. The van der Waals surface area contributed by atoms with Crippen molar-refractivity contribution in [3.63, 3.8) is 0 Å². The lowest BCUT2D eigenvalue weighted by molar-refractivity contribution is 0.578. The lowest BCUT2D eigenvalue weighted by atomic mass is 10.1. The highest BCUT2D eigenvalue weighted by Crippen LogP contribution is 2.23. The van der Waals surface area contributed by atoms with Gasteiger partial charge in [-0.15, -0.1) is 0 Å². The molecule has 1 saturated heterocycles. The van der Waals surface area contributed by atoms with Gasteiger partial charge in [0.15, 0.2) is 0 Å². The van der Waals surface area contributed by atoms with E-state index in [1.54, 1.807) is 11.3 Å². The summed E-state index contributed by atoms with van der Waals surface area (Å²) in [4.78, 5) is 6.97. The van der Waals surface area contributed by atoms with Gasteiger partial charge in [-0.25, -0.2) is 0 Å². The Morgan fingerprint density at radius 3 is 2.47 bits per heavy atom. The van der Waals surface area contributed by atoms with Crippen LogP contribution in [0.5, 0.6) is 0 Å². The zero-order valence-corrected chi connectivity index (χ0v) is 11.8. The van der Waals surface area contributed by atoms with Crippen molar-refractivity contribution in [3.05, 3.63) is 46.7 Å². The van der Waals surface area contributed by atoms with E-state index in [2.05, 4.69) is 51.0 Å². The molecule has 2 heterocycles. The topological polar surface area (TPSA) is 15.6 Å². The van der Waals surface area contributed by atoms with Crippen LogP contribution in [0.25, 0.3) is 0 Å². The molecule has 0 saturated carbocycles. The summed E-state index contributed by atoms with van der Waals surface area (Å²) in [6.45, 7) is 2.38. The first-order valence-electron chi connectivity index (χ1n) is 6.83. The van der Waals surface area contributed by atoms with Gasteiger partial charge in [0.2, 0.25) is 0 Å². The van der Waals surface area contributed by atoms with E-state index in [4.69, 9.17) is 0 Å². The van der Waals surface area contributed by atoms with E-state index >= 15 is 0 Å². The summed E-state index contributed by atoms with van der Waals surface area (Å²) < 4.78 is 0. The minimum atomic E-state index is 1.02. The van der Waals surface area contributed by atoms with Crippen LogP contribution in [0, 0.1) is 0 Å². The predicted molar refractivity (Wildman–Crippen MR) is 84.1 cm³/mol. The van der Waals surface area contributed by atoms with Crippen LogP contribution < -0.4 is 4.90 Å². The average molecular weight is 270 g/mol. The van der Waals surface area contributed by atoms with Crippen molar-refractivity contribution >= 4 is 28.9 Å². The zero-order valence-electron chi connectivity index (χ0n) is 11.0. The lowest BCUT2D eigenvalue weighted by Gasteiger charge is -2.28. The van der Waals surface area contributed by atoms with Crippen molar-refractivity contribution < 1.29 is 0 Å². The summed E-state index contributed by atoms with van der Waals surface area (Å²) in [5, 5.41) is 4.17. The third kappa shape index (κ3) is 3.24. The largest absolute Gasteiger partial charge is 0.372 e. The standard InChI is InChI=1S/C16H18N2S/c1-2-9-18(10-3-1)16-6-4-15(5-7-16)17-12-14-8-11-19-13-14/h4-8,11-13H,1-3,9-10H2. The molecule has 2 aromatic rings. The van der Waals surface area contributed by atoms with Crippen LogP contribution in [0.3, 0.4) is 0 Å². The van der Waals surface area contributed by atoms with Gasteiger partial charge in [-0.1, -0.05) is 0 Å². The zero-order chi connectivity index (χ0) is 12.9. The molecule has 0 aliphatic carbocycles. The molecule has 98 valence electrons. The highest BCUT2D eigenvalue weighted by molar-refractivity contribution is 7.08. The first-order chi connectivity index (χ1) is 9.42. The molecule has 2 nitrogen and oxygen atoms in total. The van der Waals surface area contributed by atoms with Crippen LogP contribution in [0.15, 0.2) is 46.1 Å². The molecule has 1 aromatic heterocycles. The van der Waals surface area contributed by atoms with Gasteiger partial charge in [-0.3, -0.25) is 4.99 Å². The second kappa shape index (κ2) is 6.02. The monoisotopic (exact) mass is 270 g/mol. The fraction of sp³-hybridized carbons (Fsp3) is 0.312. The minimum Gasteiger partial charge on any atom is -0.372 e. The molecule has 0 radical (unpaired) electrons. The molecule has 1 aliphatic heterocycles. The average Bonchev–Trinajstić information content (AvgIpc) is 3.00. The number of benzene rings is 1. The van der Waals surface area contributed by atoms with Crippen LogP contribution in [0.2, 0.25) is 0 Å². The number of piperidine rings is 1. The first kappa shape index (κ1) is 12.4. The molecule has 1 aromatic carbocycles. The summed E-state index contributed by atoms with van der Waals surface area (Å²) in [5.74, 6) is 0. The molecule has 1 fully saturated rings. The molecule has 19 heavy (non-hydrogen) atoms. The summed E-state index contributed by atoms with van der Waals surface area (Å²) >= 11 is 1.70. The van der Waals surface area contributed by atoms with Gasteiger partial charge in [-0.2, -0.15) is 11.3 Å². The van der Waals surface area contributed by atoms with Gasteiger partial charge in [-0.05, 0) is 60.4 Å². The smallest absolute Gasteiger partial charge is 0.0631 e. The van der Waals surface area contributed by atoms with Gasteiger partial charge >= 0.3 is 0 Å². The maximum atomic E-state index is 4.50. The molecule has 3 rings (SSSR count). The Balaban J connectivity index is 1.68. The summed E-state index contributed by atoms with van der Waals surface area (Å²) in [7, 11) is 0. The molecule has 3 heteroatoms. The number of anilines is 1. The van der Waals surface area contributed by atoms with Crippen molar-refractivity contribution in [2.45, 2.75) is 19.3 Å². The second-order valence-corrected chi connectivity index (χ2v) is 5.66. The van der Waals surface area contributed by atoms with E-state index in [1.165, 1.54) is 43.6 Å². The van der Waals surface area contributed by atoms with Crippen LogP contribution >= 0.6 is 11.3 Å². The third-order valence-corrected chi connectivity index (χ3v) is 4.18. The maximum Gasteiger partial charge on any atom is 0.0631 e. The van der Waals surface area contributed by atoms with E-state index < -0.39 is 0 Å². The van der Waals surface area contributed by atoms with Crippen molar-refractivity contribution in [2.75, 3.05) is 18.0 Å². The van der Waals surface area contributed by atoms with Crippen molar-refractivity contribution in [3.8, 4) is 0 Å². The number of hydrogen-bond donors (Lipinski definition) is 0. The molecule has 0 bridgehead atoms. The van der Waals surface area contributed by atoms with E-state index in [-0.39, 0.29) is 0 Å². The maximum absolute atomic E-state index is 4.50. The lowest BCUT2D eigenvalue weighted by Crippen LogP contribution is -2.29. The summed E-state index contributed by atoms with van der Waals surface area (Å²) in [5.41, 5.74) is 3.52. The Kier molecular flexibility index (Phi) is 3.94. The van der Waals surface area contributed by atoms with E-state index in [0.717, 1.165) is 5.69 Å². The van der Waals surface area contributed by atoms with Crippen LogP contribution in [-0.4, -0.2) is 19.3 Å². The molecular weight excluding hydrogens is 252 g/mol. The SMILES string of the molecule is C(=Nc1ccc(N2CCCCC2)cc1)c1ccsc1. The van der Waals surface area contributed by atoms with E-state index in [9.17, 15) is 0 Å². The Morgan fingerprint density at radius 1 is 1.00 bits per heavy atom. The number of nitrogens with zero attached hydrogens (tertiary/aromatic N) is 2. The van der Waals surface area contributed by atoms with Crippen LogP contribution in [-0.2, 0) is 0 Å². The van der Waals surface area contributed by atoms with E-state index in [1.807, 2.05) is 6.21 Å². The van der Waals surface area contributed by atoms with Gasteiger partial charge in [0.1, 0.15) is 0 Å². The van der Waals surface area contributed by atoms with Crippen molar-refractivity contribution in [1.29, 1.82) is 0 Å². The van der Waals surface area contributed by atoms with Crippen molar-refractivity contribution in [1.82, 2.24) is 0 Å². The van der Waals surface area contributed by atoms with Gasteiger partial charge in [0, 0.05) is 30.6 Å². The summed E-state index contributed by atoms with van der Waals surface area (Å²) in [6, 6.07) is 10.7. The Morgan fingerprint density at radius 2 is 1.79 bits per heavy atom. The van der Waals surface area contributed by atoms with Crippen LogP contribution in [0.4, 0.5) is 11.4 Å². The fourth-order valence-electron chi connectivity index (χ4n) is 2.40. The molecule has 1 aliphatic rings. The third-order valence-electron chi connectivity index (χ3n) is 3.48. The summed E-state index contributed by atoms with van der Waals surface area (Å²) in [6.07, 6.45) is 5.93. The molecule has 0 spiro atoms. The van der Waals surface area contributed by atoms with E-state index in [0.29, 0.717) is 0 Å². The highest BCUT2D eigenvalue weighted by atomic mass is 32.1. The number of hydrogen-bond acceptors (Lipinski definition) is 3. The Bertz CT molecular complexity index is 522. The number of aliphatic imine (C=N–C) groups is 1.